The standard InChI is InChI=1S/C25H28N4O2/c1-5-30-16-17-12-13-19-21(15-17)29-24(27-19)28-20-10-8-14-26-23(20)31-22-11-7-6-9-18(22)25(2,3)4/h6-15H,5,16H2,1-4H3,(H2,27,28,29). The molecule has 2 N–H and O–H groups in total. The van der Waals surface area contributed by atoms with Crippen LogP contribution in [0, 0.1) is 0 Å². The number of rotatable bonds is 7. The highest BCUT2D eigenvalue weighted by Gasteiger charge is 2.20. The predicted molar refractivity (Wildman–Crippen MR) is 124 cm³/mol. The average molecular weight is 417 g/mol. The third kappa shape index (κ3) is 4.86. The zero-order valence-corrected chi connectivity index (χ0v) is 18.4. The molecule has 160 valence electrons. The van der Waals surface area contributed by atoms with Crippen molar-refractivity contribution in [2.24, 2.45) is 0 Å². The molecule has 0 aliphatic heterocycles. The normalized spacial score (nSPS) is 11.6. The Kier molecular flexibility index (Phi) is 5.91. The van der Waals surface area contributed by atoms with Gasteiger partial charge >= 0.3 is 0 Å². The summed E-state index contributed by atoms with van der Waals surface area (Å²) in [6, 6.07) is 17.9. The van der Waals surface area contributed by atoms with Crippen LogP contribution in [0.15, 0.2) is 60.8 Å². The van der Waals surface area contributed by atoms with E-state index in [1.165, 1.54) is 0 Å². The third-order valence-corrected chi connectivity index (χ3v) is 4.95. The first-order chi connectivity index (χ1) is 14.9. The highest BCUT2D eigenvalue weighted by Crippen LogP contribution is 2.36. The van der Waals surface area contributed by atoms with Gasteiger partial charge in [-0.25, -0.2) is 9.97 Å². The Morgan fingerprint density at radius 1 is 1.03 bits per heavy atom. The van der Waals surface area contributed by atoms with Crippen LogP contribution >= 0.6 is 0 Å². The molecule has 0 aliphatic rings. The molecule has 2 aromatic carbocycles. The molecular formula is C25H28N4O2. The van der Waals surface area contributed by atoms with Crippen molar-refractivity contribution in [1.29, 1.82) is 0 Å². The van der Waals surface area contributed by atoms with E-state index >= 15 is 0 Å². The second-order valence-corrected chi connectivity index (χ2v) is 8.40. The number of aromatic nitrogens is 3. The van der Waals surface area contributed by atoms with Crippen LogP contribution in [0.3, 0.4) is 0 Å². The van der Waals surface area contributed by atoms with Crippen molar-refractivity contribution in [2.45, 2.75) is 39.7 Å². The van der Waals surface area contributed by atoms with Gasteiger partial charge in [-0.1, -0.05) is 45.0 Å². The van der Waals surface area contributed by atoms with Crippen LogP contribution in [0.25, 0.3) is 11.0 Å². The van der Waals surface area contributed by atoms with E-state index in [1.54, 1.807) is 6.20 Å². The van der Waals surface area contributed by atoms with E-state index in [4.69, 9.17) is 9.47 Å². The number of hydrogen-bond acceptors (Lipinski definition) is 5. The number of benzene rings is 2. The minimum absolute atomic E-state index is 0.0447. The van der Waals surface area contributed by atoms with Gasteiger partial charge in [0.1, 0.15) is 11.4 Å². The summed E-state index contributed by atoms with van der Waals surface area (Å²) < 4.78 is 11.7. The van der Waals surface area contributed by atoms with Gasteiger partial charge in [-0.05, 0) is 48.2 Å². The maximum absolute atomic E-state index is 6.25. The molecule has 0 bridgehead atoms. The van der Waals surface area contributed by atoms with Gasteiger partial charge in [-0.2, -0.15) is 0 Å². The van der Waals surface area contributed by atoms with Crippen molar-refractivity contribution in [2.75, 3.05) is 11.9 Å². The molecule has 0 spiro atoms. The second kappa shape index (κ2) is 8.78. The Morgan fingerprint density at radius 2 is 1.87 bits per heavy atom. The van der Waals surface area contributed by atoms with Crippen LogP contribution in [0.5, 0.6) is 11.6 Å². The molecule has 2 heterocycles. The summed E-state index contributed by atoms with van der Waals surface area (Å²) in [5.74, 6) is 1.92. The summed E-state index contributed by atoms with van der Waals surface area (Å²) in [7, 11) is 0. The van der Waals surface area contributed by atoms with Gasteiger partial charge in [0, 0.05) is 18.4 Å². The fourth-order valence-electron chi connectivity index (χ4n) is 3.40. The second-order valence-electron chi connectivity index (χ2n) is 8.40. The first-order valence-corrected chi connectivity index (χ1v) is 10.5. The molecule has 4 rings (SSSR count). The van der Waals surface area contributed by atoms with Gasteiger partial charge in [-0.15, -0.1) is 0 Å². The molecule has 31 heavy (non-hydrogen) atoms. The first-order valence-electron chi connectivity index (χ1n) is 10.5. The fraction of sp³-hybridized carbons (Fsp3) is 0.280. The molecule has 4 aromatic rings. The lowest BCUT2D eigenvalue weighted by Crippen LogP contribution is -2.12. The summed E-state index contributed by atoms with van der Waals surface area (Å²) in [5, 5.41) is 3.32. The van der Waals surface area contributed by atoms with Crippen molar-refractivity contribution in [3.8, 4) is 11.6 Å². The number of nitrogens with zero attached hydrogens (tertiary/aromatic N) is 2. The molecule has 0 aliphatic carbocycles. The highest BCUT2D eigenvalue weighted by atomic mass is 16.5. The minimum atomic E-state index is -0.0447. The first kappa shape index (κ1) is 20.9. The Hall–Kier alpha value is -3.38. The van der Waals surface area contributed by atoms with Crippen LogP contribution in [0.4, 0.5) is 11.6 Å². The van der Waals surface area contributed by atoms with Crippen molar-refractivity contribution in [1.82, 2.24) is 15.0 Å². The minimum Gasteiger partial charge on any atom is -0.437 e. The maximum atomic E-state index is 6.25. The summed E-state index contributed by atoms with van der Waals surface area (Å²) in [6.07, 6.45) is 1.72. The number of para-hydroxylation sites is 1. The molecule has 0 saturated heterocycles. The lowest BCUT2D eigenvalue weighted by Gasteiger charge is -2.22. The fourth-order valence-corrected chi connectivity index (χ4v) is 3.40. The van der Waals surface area contributed by atoms with Crippen LogP contribution in [0.1, 0.15) is 38.8 Å². The molecule has 0 fully saturated rings. The lowest BCUT2D eigenvalue weighted by atomic mass is 9.86. The average Bonchev–Trinajstić information content (AvgIpc) is 3.15. The maximum Gasteiger partial charge on any atom is 0.243 e. The SMILES string of the molecule is CCOCc1ccc2nc(Nc3cccnc3Oc3ccccc3C(C)(C)C)[nH]c2c1. The van der Waals surface area contributed by atoms with Crippen LogP contribution < -0.4 is 10.1 Å². The van der Waals surface area contributed by atoms with Crippen LogP contribution in [-0.4, -0.2) is 21.6 Å². The molecule has 0 saturated carbocycles. The zero-order chi connectivity index (χ0) is 21.8. The highest BCUT2D eigenvalue weighted by molar-refractivity contribution is 5.79. The number of pyridine rings is 1. The Morgan fingerprint density at radius 3 is 2.68 bits per heavy atom. The molecule has 2 aromatic heterocycles. The number of aromatic amines is 1. The van der Waals surface area contributed by atoms with Gasteiger partial charge in [0.05, 0.1) is 17.6 Å². The van der Waals surface area contributed by atoms with E-state index in [-0.39, 0.29) is 5.41 Å². The Labute approximate surface area is 182 Å². The molecule has 0 amide bonds. The van der Waals surface area contributed by atoms with E-state index in [9.17, 15) is 0 Å². The summed E-state index contributed by atoms with van der Waals surface area (Å²) in [6.45, 7) is 9.77. The number of ether oxygens (including phenoxy) is 2. The quantitative estimate of drug-likeness (QED) is 0.368. The number of nitrogens with one attached hydrogen (secondary N) is 2. The monoisotopic (exact) mass is 416 g/mol. The topological polar surface area (TPSA) is 72.1 Å². The molecule has 6 nitrogen and oxygen atoms in total. The molecule has 6 heteroatoms. The van der Waals surface area contributed by atoms with Gasteiger partial charge in [0.15, 0.2) is 0 Å². The molecule has 0 radical (unpaired) electrons. The zero-order valence-electron chi connectivity index (χ0n) is 18.4. The van der Waals surface area contributed by atoms with Crippen molar-refractivity contribution >= 4 is 22.7 Å². The molecular weight excluding hydrogens is 388 g/mol. The van der Waals surface area contributed by atoms with E-state index in [0.29, 0.717) is 25.0 Å². The van der Waals surface area contributed by atoms with E-state index < -0.39 is 0 Å². The van der Waals surface area contributed by atoms with E-state index in [0.717, 1.165) is 33.6 Å². The van der Waals surface area contributed by atoms with Crippen molar-refractivity contribution in [3.63, 3.8) is 0 Å². The Balaban J connectivity index is 1.60. The third-order valence-electron chi connectivity index (χ3n) is 4.95. The van der Waals surface area contributed by atoms with Gasteiger partial charge < -0.3 is 19.8 Å². The van der Waals surface area contributed by atoms with Crippen molar-refractivity contribution < 1.29 is 9.47 Å². The predicted octanol–water partition coefficient (Wildman–Crippen LogP) is 6.33. The summed E-state index contributed by atoms with van der Waals surface area (Å²) in [4.78, 5) is 12.4. The number of anilines is 2. The Bertz CT molecular complexity index is 1180. The number of imidazole rings is 1. The smallest absolute Gasteiger partial charge is 0.243 e. The van der Waals surface area contributed by atoms with E-state index in [1.807, 2.05) is 49.4 Å². The van der Waals surface area contributed by atoms with Gasteiger partial charge in [0.25, 0.3) is 0 Å². The number of hydrogen-bond donors (Lipinski definition) is 2. The largest absolute Gasteiger partial charge is 0.437 e. The summed E-state index contributed by atoms with van der Waals surface area (Å²) in [5.41, 5.74) is 4.75. The van der Waals surface area contributed by atoms with Crippen LogP contribution in [0.2, 0.25) is 0 Å². The van der Waals surface area contributed by atoms with Gasteiger partial charge in [-0.3, -0.25) is 0 Å². The van der Waals surface area contributed by atoms with Crippen LogP contribution in [-0.2, 0) is 16.8 Å². The molecule has 0 atom stereocenters. The number of fused-ring (bicyclic) bond motifs is 1. The van der Waals surface area contributed by atoms with Crippen molar-refractivity contribution in [3.05, 3.63) is 71.9 Å². The molecule has 0 unspecified atom stereocenters. The van der Waals surface area contributed by atoms with E-state index in [2.05, 4.69) is 53.2 Å². The lowest BCUT2D eigenvalue weighted by molar-refractivity contribution is 0.134. The number of H-pyrrole nitrogens is 1. The van der Waals surface area contributed by atoms with Gasteiger partial charge in [0.2, 0.25) is 11.8 Å². The summed E-state index contributed by atoms with van der Waals surface area (Å²) >= 11 is 0.